The maximum Gasteiger partial charge on any atom is 0.271 e. The van der Waals surface area contributed by atoms with Gasteiger partial charge in [0.15, 0.2) is 11.5 Å². The predicted molar refractivity (Wildman–Crippen MR) is 103 cm³/mol. The van der Waals surface area contributed by atoms with Crippen molar-refractivity contribution in [1.29, 1.82) is 0 Å². The molecule has 136 valence electrons. The van der Waals surface area contributed by atoms with Gasteiger partial charge in [-0.25, -0.2) is 5.43 Å². The molecule has 0 aliphatic rings. The molecule has 0 unspecified atom stereocenters. The second kappa shape index (κ2) is 9.21. The average Bonchev–Trinajstić information content (AvgIpc) is 2.64. The number of hydrazone groups is 1. The van der Waals surface area contributed by atoms with Gasteiger partial charge in [-0.15, -0.1) is 11.6 Å². The van der Waals surface area contributed by atoms with Gasteiger partial charge in [0.05, 0.1) is 17.8 Å². The Kier molecular flexibility index (Phi) is 6.99. The minimum absolute atomic E-state index is 0.0185. The number of ether oxygens (including phenoxy) is 1. The van der Waals surface area contributed by atoms with Crippen LogP contribution in [0.2, 0.25) is 0 Å². The van der Waals surface area contributed by atoms with Gasteiger partial charge in [0.2, 0.25) is 5.91 Å². The van der Waals surface area contributed by atoms with Gasteiger partial charge < -0.3 is 15.2 Å². The minimum Gasteiger partial charge on any atom is -0.503 e. The molecule has 0 heterocycles. The topological polar surface area (TPSA) is 100 Å². The first-order chi connectivity index (χ1) is 12.4. The standard InChI is InChI=1S/C17H15BrClN3O4/c1-26-14-7-10(6-13(18)16(14)24)9-20-22-17(25)11-2-4-12(5-3-11)21-15(23)8-19/h2-7,9,24H,8H2,1H3,(H,21,23)(H,22,25)/b20-9+. The number of anilines is 1. The number of carbonyl (C=O) groups is 2. The highest BCUT2D eigenvalue weighted by Gasteiger charge is 2.08. The maximum absolute atomic E-state index is 12.1. The molecule has 7 nitrogen and oxygen atoms in total. The van der Waals surface area contributed by atoms with Crippen molar-refractivity contribution in [3.05, 3.63) is 52.0 Å². The molecule has 0 aliphatic carbocycles. The molecule has 0 aliphatic heterocycles. The van der Waals surface area contributed by atoms with E-state index in [1.165, 1.54) is 13.3 Å². The summed E-state index contributed by atoms with van der Waals surface area (Å²) in [6, 6.07) is 9.48. The fourth-order valence-electron chi connectivity index (χ4n) is 1.95. The van der Waals surface area contributed by atoms with Gasteiger partial charge >= 0.3 is 0 Å². The average molecular weight is 441 g/mol. The molecule has 0 spiro atoms. The first-order valence-electron chi connectivity index (χ1n) is 7.30. The van der Waals surface area contributed by atoms with Crippen LogP contribution in [0.5, 0.6) is 11.5 Å². The molecule has 0 aromatic heterocycles. The molecule has 0 fully saturated rings. The highest BCUT2D eigenvalue weighted by atomic mass is 79.9. The molecule has 0 atom stereocenters. The second-order valence-corrected chi connectivity index (χ2v) is 6.13. The molecule has 9 heteroatoms. The number of alkyl halides is 1. The van der Waals surface area contributed by atoms with E-state index in [2.05, 4.69) is 31.8 Å². The van der Waals surface area contributed by atoms with Gasteiger partial charge in [-0.05, 0) is 57.9 Å². The van der Waals surface area contributed by atoms with Crippen LogP contribution in [0.3, 0.4) is 0 Å². The van der Waals surface area contributed by atoms with E-state index in [1.807, 2.05) is 0 Å². The molecule has 2 amide bonds. The molecule has 0 bridgehead atoms. The van der Waals surface area contributed by atoms with Crippen LogP contribution in [0.15, 0.2) is 46.0 Å². The number of halogens is 2. The van der Waals surface area contributed by atoms with Crippen LogP contribution < -0.4 is 15.5 Å². The third-order valence-electron chi connectivity index (χ3n) is 3.20. The zero-order chi connectivity index (χ0) is 19.1. The first-order valence-corrected chi connectivity index (χ1v) is 8.63. The number of hydrogen-bond acceptors (Lipinski definition) is 5. The summed E-state index contributed by atoms with van der Waals surface area (Å²) in [6.45, 7) is 0. The van der Waals surface area contributed by atoms with Crippen molar-refractivity contribution in [2.24, 2.45) is 5.10 Å². The quantitative estimate of drug-likeness (QED) is 0.365. The zero-order valence-electron chi connectivity index (χ0n) is 13.6. The number of phenolic OH excluding ortho intramolecular Hbond substituents is 1. The first kappa shape index (κ1) is 19.7. The van der Waals surface area contributed by atoms with Crippen LogP contribution in [0.1, 0.15) is 15.9 Å². The fourth-order valence-corrected chi connectivity index (χ4v) is 2.48. The monoisotopic (exact) mass is 439 g/mol. The van der Waals surface area contributed by atoms with E-state index in [9.17, 15) is 14.7 Å². The SMILES string of the molecule is COc1cc(/C=N/NC(=O)c2ccc(NC(=O)CCl)cc2)cc(Br)c1O. The largest absolute Gasteiger partial charge is 0.503 e. The number of phenols is 1. The molecule has 0 radical (unpaired) electrons. The third-order valence-corrected chi connectivity index (χ3v) is 4.05. The molecule has 3 N–H and O–H groups in total. The molecule has 2 aromatic carbocycles. The number of nitrogens with zero attached hydrogens (tertiary/aromatic N) is 1. The zero-order valence-corrected chi connectivity index (χ0v) is 16.0. The summed E-state index contributed by atoms with van der Waals surface area (Å²) in [5, 5.41) is 16.2. The van der Waals surface area contributed by atoms with E-state index in [-0.39, 0.29) is 23.3 Å². The Balaban J connectivity index is 2.01. The smallest absolute Gasteiger partial charge is 0.271 e. The lowest BCUT2D eigenvalue weighted by molar-refractivity contribution is -0.113. The Hall–Kier alpha value is -2.58. The summed E-state index contributed by atoms with van der Waals surface area (Å²) in [4.78, 5) is 23.3. The second-order valence-electron chi connectivity index (χ2n) is 5.01. The van der Waals surface area contributed by atoms with Crippen molar-refractivity contribution in [1.82, 2.24) is 5.43 Å². The number of methoxy groups -OCH3 is 1. The number of nitrogens with one attached hydrogen (secondary N) is 2. The van der Waals surface area contributed by atoms with E-state index in [0.29, 0.717) is 21.3 Å². The summed E-state index contributed by atoms with van der Waals surface area (Å²) in [7, 11) is 1.43. The van der Waals surface area contributed by atoms with Gasteiger partial charge in [-0.3, -0.25) is 9.59 Å². The Morgan fingerprint density at radius 1 is 1.31 bits per heavy atom. The highest BCUT2D eigenvalue weighted by molar-refractivity contribution is 9.10. The van der Waals surface area contributed by atoms with Crippen LogP contribution in [0, 0.1) is 0 Å². The molecule has 0 saturated heterocycles. The summed E-state index contributed by atoms with van der Waals surface area (Å²) in [5.41, 5.74) is 3.92. The van der Waals surface area contributed by atoms with Crippen LogP contribution in [-0.2, 0) is 4.79 Å². The number of benzene rings is 2. The normalized spacial score (nSPS) is 10.6. The summed E-state index contributed by atoms with van der Waals surface area (Å²) < 4.78 is 5.49. The van der Waals surface area contributed by atoms with Crippen molar-refractivity contribution in [2.45, 2.75) is 0 Å². The highest BCUT2D eigenvalue weighted by Crippen LogP contribution is 2.34. The Morgan fingerprint density at radius 3 is 2.62 bits per heavy atom. The third kappa shape index (κ3) is 5.21. The van der Waals surface area contributed by atoms with Gasteiger partial charge in [0.25, 0.3) is 5.91 Å². The van der Waals surface area contributed by atoms with Crippen LogP contribution >= 0.6 is 27.5 Å². The van der Waals surface area contributed by atoms with Crippen molar-refractivity contribution in [2.75, 3.05) is 18.3 Å². The van der Waals surface area contributed by atoms with Crippen LogP contribution in [-0.4, -0.2) is 36.1 Å². The van der Waals surface area contributed by atoms with Crippen molar-refractivity contribution in [3.63, 3.8) is 0 Å². The van der Waals surface area contributed by atoms with E-state index in [1.54, 1.807) is 36.4 Å². The maximum atomic E-state index is 12.1. The molecule has 0 saturated carbocycles. The number of amides is 2. The summed E-state index contributed by atoms with van der Waals surface area (Å²) >= 11 is 8.62. The molecule has 26 heavy (non-hydrogen) atoms. The van der Waals surface area contributed by atoms with Gasteiger partial charge in [-0.2, -0.15) is 5.10 Å². The molecular formula is C17H15BrClN3O4. The number of aromatic hydroxyl groups is 1. The Morgan fingerprint density at radius 2 is 2.00 bits per heavy atom. The Labute approximate surface area is 163 Å². The van der Waals surface area contributed by atoms with E-state index >= 15 is 0 Å². The van der Waals surface area contributed by atoms with Crippen LogP contribution in [0.25, 0.3) is 0 Å². The van der Waals surface area contributed by atoms with E-state index in [4.69, 9.17) is 16.3 Å². The molecule has 2 rings (SSSR count). The fraction of sp³-hybridized carbons (Fsp3) is 0.118. The lowest BCUT2D eigenvalue weighted by Gasteiger charge is -2.06. The predicted octanol–water partition coefficient (Wildman–Crippen LogP) is 3.10. The number of carbonyl (C=O) groups excluding carboxylic acids is 2. The number of rotatable bonds is 6. The summed E-state index contributed by atoms with van der Waals surface area (Å²) in [5.74, 6) is -0.628. The van der Waals surface area contributed by atoms with E-state index < -0.39 is 5.91 Å². The van der Waals surface area contributed by atoms with Gasteiger partial charge in [-0.1, -0.05) is 0 Å². The number of hydrogen-bond donors (Lipinski definition) is 3. The van der Waals surface area contributed by atoms with Crippen molar-refractivity contribution >= 4 is 51.2 Å². The van der Waals surface area contributed by atoms with Gasteiger partial charge in [0, 0.05) is 11.3 Å². The van der Waals surface area contributed by atoms with Crippen molar-refractivity contribution < 1.29 is 19.4 Å². The molecule has 2 aromatic rings. The minimum atomic E-state index is -0.415. The van der Waals surface area contributed by atoms with Crippen molar-refractivity contribution in [3.8, 4) is 11.5 Å². The van der Waals surface area contributed by atoms with Gasteiger partial charge in [0.1, 0.15) is 5.88 Å². The van der Waals surface area contributed by atoms with E-state index in [0.717, 1.165) is 0 Å². The lowest BCUT2D eigenvalue weighted by atomic mass is 10.2. The van der Waals surface area contributed by atoms with Crippen LogP contribution in [0.4, 0.5) is 5.69 Å². The lowest BCUT2D eigenvalue weighted by Crippen LogP contribution is -2.18. The summed E-state index contributed by atoms with van der Waals surface area (Å²) in [6.07, 6.45) is 1.42. The molecular weight excluding hydrogens is 426 g/mol. The Bertz CT molecular complexity index is 841.